The van der Waals surface area contributed by atoms with Gasteiger partial charge in [0.05, 0.1) is 24.3 Å². The van der Waals surface area contributed by atoms with Gasteiger partial charge in [-0.2, -0.15) is 5.26 Å². The highest BCUT2D eigenvalue weighted by Crippen LogP contribution is 2.12. The van der Waals surface area contributed by atoms with Gasteiger partial charge >= 0.3 is 5.97 Å². The van der Waals surface area contributed by atoms with Crippen LogP contribution in [-0.2, 0) is 14.3 Å². The number of carbonyl (C=O) groups excluding carboxylic acids is 3. The minimum absolute atomic E-state index is 0.360. The van der Waals surface area contributed by atoms with Gasteiger partial charge in [-0.15, -0.1) is 0 Å². The third-order valence-corrected chi connectivity index (χ3v) is 3.21. The first-order chi connectivity index (χ1) is 12.0. The molecule has 25 heavy (non-hydrogen) atoms. The summed E-state index contributed by atoms with van der Waals surface area (Å²) >= 11 is 0. The number of rotatable bonds is 5. The van der Waals surface area contributed by atoms with Crippen LogP contribution in [0.2, 0.25) is 0 Å². The maximum absolute atomic E-state index is 11.9. The summed E-state index contributed by atoms with van der Waals surface area (Å²) in [7, 11) is 1.28. The molecule has 2 aromatic carbocycles. The van der Waals surface area contributed by atoms with Gasteiger partial charge in [0.2, 0.25) is 11.8 Å². The Kier molecular flexibility index (Phi) is 5.85. The van der Waals surface area contributed by atoms with Crippen LogP contribution in [0.15, 0.2) is 48.5 Å². The lowest BCUT2D eigenvalue weighted by Gasteiger charge is -2.07. The Morgan fingerprint density at radius 2 is 1.40 bits per heavy atom. The minimum Gasteiger partial charge on any atom is -0.465 e. The number of ether oxygens (including phenoxy) is 1. The molecule has 0 aliphatic heterocycles. The van der Waals surface area contributed by atoms with Crippen LogP contribution < -0.4 is 10.6 Å². The zero-order valence-corrected chi connectivity index (χ0v) is 13.4. The zero-order valence-electron chi connectivity index (χ0n) is 13.4. The normalized spacial score (nSPS) is 9.60. The average Bonchev–Trinajstić information content (AvgIpc) is 2.62. The monoisotopic (exact) mass is 337 g/mol. The Balaban J connectivity index is 1.87. The second-order valence-corrected chi connectivity index (χ2v) is 5.03. The summed E-state index contributed by atoms with van der Waals surface area (Å²) < 4.78 is 4.58. The van der Waals surface area contributed by atoms with E-state index in [1.165, 1.54) is 19.2 Å². The summed E-state index contributed by atoms with van der Waals surface area (Å²) in [4.78, 5) is 35.1. The molecule has 7 heteroatoms. The number of carbonyl (C=O) groups is 3. The van der Waals surface area contributed by atoms with Gasteiger partial charge in [0.15, 0.2) is 0 Å². The van der Waals surface area contributed by atoms with E-state index in [1.807, 2.05) is 6.07 Å². The third-order valence-electron chi connectivity index (χ3n) is 3.21. The van der Waals surface area contributed by atoms with Crippen molar-refractivity contribution in [2.45, 2.75) is 6.42 Å². The molecule has 2 amide bonds. The predicted molar refractivity (Wildman–Crippen MR) is 90.8 cm³/mol. The Morgan fingerprint density at radius 3 is 1.84 bits per heavy atom. The van der Waals surface area contributed by atoms with Crippen molar-refractivity contribution < 1.29 is 19.1 Å². The van der Waals surface area contributed by atoms with E-state index < -0.39 is 17.8 Å². The zero-order chi connectivity index (χ0) is 18.2. The number of benzene rings is 2. The average molecular weight is 337 g/mol. The molecule has 2 N–H and O–H groups in total. The molecule has 7 nitrogen and oxygen atoms in total. The molecule has 0 saturated carbocycles. The van der Waals surface area contributed by atoms with Gasteiger partial charge < -0.3 is 15.4 Å². The van der Waals surface area contributed by atoms with Gasteiger partial charge in [0.25, 0.3) is 0 Å². The van der Waals surface area contributed by atoms with Crippen molar-refractivity contribution in [1.29, 1.82) is 5.26 Å². The van der Waals surface area contributed by atoms with Crippen molar-refractivity contribution >= 4 is 29.2 Å². The van der Waals surface area contributed by atoms with Gasteiger partial charge in [-0.1, -0.05) is 0 Å². The molecule has 0 spiro atoms. The second-order valence-electron chi connectivity index (χ2n) is 5.03. The van der Waals surface area contributed by atoms with Crippen molar-refractivity contribution in [1.82, 2.24) is 0 Å². The molecule has 0 heterocycles. The molecular formula is C18H15N3O4. The molecule has 0 aliphatic rings. The number of hydrogen-bond donors (Lipinski definition) is 2. The fourth-order valence-electron chi connectivity index (χ4n) is 1.99. The quantitative estimate of drug-likeness (QED) is 0.643. The van der Waals surface area contributed by atoms with E-state index in [2.05, 4.69) is 15.4 Å². The highest BCUT2D eigenvalue weighted by molar-refractivity contribution is 6.08. The van der Waals surface area contributed by atoms with Crippen molar-refractivity contribution in [2.75, 3.05) is 17.7 Å². The number of methoxy groups -OCH3 is 1. The van der Waals surface area contributed by atoms with Gasteiger partial charge in [0, 0.05) is 11.4 Å². The number of hydrogen-bond acceptors (Lipinski definition) is 5. The Labute approximate surface area is 144 Å². The van der Waals surface area contributed by atoms with Gasteiger partial charge in [-0.05, 0) is 48.5 Å². The van der Waals surface area contributed by atoms with Crippen LogP contribution in [0.5, 0.6) is 0 Å². The lowest BCUT2D eigenvalue weighted by atomic mass is 10.2. The molecule has 0 aliphatic carbocycles. The fourth-order valence-corrected chi connectivity index (χ4v) is 1.99. The topological polar surface area (TPSA) is 108 Å². The molecule has 0 atom stereocenters. The van der Waals surface area contributed by atoms with Crippen LogP contribution in [0, 0.1) is 11.3 Å². The first-order valence-electron chi connectivity index (χ1n) is 7.30. The SMILES string of the molecule is COC(=O)c1ccc(NC(=O)CC(=O)Nc2ccc(C#N)cc2)cc1. The number of nitriles is 1. The first kappa shape index (κ1) is 17.7. The largest absolute Gasteiger partial charge is 0.465 e. The highest BCUT2D eigenvalue weighted by atomic mass is 16.5. The van der Waals surface area contributed by atoms with E-state index in [4.69, 9.17) is 5.26 Å². The fraction of sp³-hybridized carbons (Fsp3) is 0.111. The first-order valence-corrected chi connectivity index (χ1v) is 7.30. The maximum Gasteiger partial charge on any atom is 0.337 e. The van der Waals surface area contributed by atoms with Crippen LogP contribution >= 0.6 is 0 Å². The molecule has 126 valence electrons. The van der Waals surface area contributed by atoms with Crippen LogP contribution in [0.3, 0.4) is 0 Å². The van der Waals surface area contributed by atoms with Crippen LogP contribution in [0.4, 0.5) is 11.4 Å². The molecule has 0 saturated heterocycles. The molecule has 0 fully saturated rings. The van der Waals surface area contributed by atoms with Gasteiger partial charge in [-0.3, -0.25) is 9.59 Å². The third kappa shape index (κ3) is 5.18. The Hall–Kier alpha value is -3.66. The van der Waals surface area contributed by atoms with Crippen LogP contribution in [0.1, 0.15) is 22.3 Å². The van der Waals surface area contributed by atoms with Crippen molar-refractivity contribution in [3.05, 3.63) is 59.7 Å². The molecule has 0 aromatic heterocycles. The van der Waals surface area contributed by atoms with E-state index in [0.29, 0.717) is 22.5 Å². The van der Waals surface area contributed by atoms with Crippen molar-refractivity contribution in [3.8, 4) is 6.07 Å². The summed E-state index contributed by atoms with van der Waals surface area (Å²) in [5.74, 6) is -1.44. The van der Waals surface area contributed by atoms with Crippen LogP contribution in [-0.4, -0.2) is 24.9 Å². The number of amides is 2. The minimum atomic E-state index is -0.489. The molecule has 0 bridgehead atoms. The van der Waals surface area contributed by atoms with E-state index >= 15 is 0 Å². The second kappa shape index (κ2) is 8.26. The van der Waals surface area contributed by atoms with Gasteiger partial charge in [-0.25, -0.2) is 4.79 Å². The standard InChI is InChI=1S/C18H15N3O4/c1-25-18(24)13-4-8-15(9-5-13)21-17(23)10-16(22)20-14-6-2-12(11-19)3-7-14/h2-9H,10H2,1H3,(H,20,22)(H,21,23). The van der Waals surface area contributed by atoms with E-state index in [9.17, 15) is 14.4 Å². The molecule has 2 rings (SSSR count). The number of esters is 1. The summed E-state index contributed by atoms with van der Waals surface area (Å²) in [6.45, 7) is 0. The summed E-state index contributed by atoms with van der Waals surface area (Å²) in [5.41, 5.74) is 1.80. The number of nitrogens with one attached hydrogen (secondary N) is 2. The maximum atomic E-state index is 11.9. The van der Waals surface area contributed by atoms with Crippen LogP contribution in [0.25, 0.3) is 0 Å². The van der Waals surface area contributed by atoms with Crippen molar-refractivity contribution in [3.63, 3.8) is 0 Å². The van der Waals surface area contributed by atoms with Crippen molar-refractivity contribution in [2.24, 2.45) is 0 Å². The number of anilines is 2. The van der Waals surface area contributed by atoms with Gasteiger partial charge in [0.1, 0.15) is 6.42 Å². The molecule has 0 unspecified atom stereocenters. The Morgan fingerprint density at radius 1 is 0.920 bits per heavy atom. The predicted octanol–water partition coefficient (Wildman–Crippen LogP) is 2.31. The van der Waals surface area contributed by atoms with E-state index in [1.54, 1.807) is 36.4 Å². The molecular weight excluding hydrogens is 322 g/mol. The summed E-state index contributed by atoms with van der Waals surface area (Å²) in [6, 6.07) is 14.4. The Bertz CT molecular complexity index is 821. The molecule has 0 radical (unpaired) electrons. The smallest absolute Gasteiger partial charge is 0.337 e. The van der Waals surface area contributed by atoms with E-state index in [-0.39, 0.29) is 6.42 Å². The summed E-state index contributed by atoms with van der Waals surface area (Å²) in [5, 5.41) is 13.9. The lowest BCUT2D eigenvalue weighted by molar-refractivity contribution is -0.123. The molecule has 2 aromatic rings. The van der Waals surface area contributed by atoms with E-state index in [0.717, 1.165) is 0 Å². The number of nitrogens with zero attached hydrogens (tertiary/aromatic N) is 1. The summed E-state index contributed by atoms with van der Waals surface area (Å²) in [6.07, 6.45) is -0.362. The highest BCUT2D eigenvalue weighted by Gasteiger charge is 2.11. The lowest BCUT2D eigenvalue weighted by Crippen LogP contribution is -2.21.